The van der Waals surface area contributed by atoms with E-state index in [1.54, 1.807) is 0 Å². The molecule has 0 bridgehead atoms. The number of carbonyl (C=O) groups is 1. The fourth-order valence-corrected chi connectivity index (χ4v) is 2.66. The molecule has 0 aromatic heterocycles. The minimum Gasteiger partial charge on any atom is -0.378 e. The fourth-order valence-electron chi connectivity index (χ4n) is 2.66. The molecule has 0 radical (unpaired) electrons. The first-order valence-electron chi connectivity index (χ1n) is 7.02. The molecule has 2 fully saturated rings. The third-order valence-electron chi connectivity index (χ3n) is 4.15. The Labute approximate surface area is 109 Å². The summed E-state index contributed by atoms with van der Waals surface area (Å²) in [6.45, 7) is 9.52. The highest BCUT2D eigenvalue weighted by atomic mass is 16.5. The second-order valence-electron chi connectivity index (χ2n) is 5.33. The quantitative estimate of drug-likeness (QED) is 0.732. The Kier molecular flexibility index (Phi) is 4.97. The first-order chi connectivity index (χ1) is 8.68. The summed E-state index contributed by atoms with van der Waals surface area (Å²) >= 11 is 0. The van der Waals surface area contributed by atoms with Gasteiger partial charge in [0, 0.05) is 45.2 Å². The van der Waals surface area contributed by atoms with E-state index in [2.05, 4.69) is 22.5 Å². The maximum Gasteiger partial charge on any atom is 0.237 e. The molecule has 3 unspecified atom stereocenters. The third-order valence-corrected chi connectivity index (χ3v) is 4.15. The van der Waals surface area contributed by atoms with Crippen molar-refractivity contribution in [3.05, 3.63) is 0 Å². The monoisotopic (exact) mass is 255 g/mol. The maximum absolute atomic E-state index is 12.1. The molecule has 2 rings (SSSR count). The van der Waals surface area contributed by atoms with Crippen LogP contribution in [-0.4, -0.2) is 62.3 Å². The van der Waals surface area contributed by atoms with Gasteiger partial charge in [0.2, 0.25) is 5.91 Å². The predicted molar refractivity (Wildman–Crippen MR) is 70.4 cm³/mol. The van der Waals surface area contributed by atoms with Crippen LogP contribution in [0.2, 0.25) is 0 Å². The number of ether oxygens (including phenoxy) is 1. The Balaban J connectivity index is 1.73. The van der Waals surface area contributed by atoms with Gasteiger partial charge in [0.05, 0.1) is 12.1 Å². The van der Waals surface area contributed by atoms with Crippen molar-refractivity contribution in [1.29, 1.82) is 0 Å². The van der Waals surface area contributed by atoms with Gasteiger partial charge >= 0.3 is 0 Å². The van der Waals surface area contributed by atoms with Gasteiger partial charge in [-0.1, -0.05) is 0 Å². The van der Waals surface area contributed by atoms with Gasteiger partial charge in [-0.05, 0) is 20.3 Å². The summed E-state index contributed by atoms with van der Waals surface area (Å²) < 4.78 is 5.50. The second-order valence-corrected chi connectivity index (χ2v) is 5.33. The number of rotatable bonds is 4. The molecule has 3 atom stereocenters. The highest BCUT2D eigenvalue weighted by Crippen LogP contribution is 2.19. The minimum absolute atomic E-state index is 0.0234. The van der Waals surface area contributed by atoms with E-state index < -0.39 is 0 Å². The summed E-state index contributed by atoms with van der Waals surface area (Å²) in [6, 6.07) is -0.0234. The maximum atomic E-state index is 12.1. The Hall–Kier alpha value is -0.650. The SMILES string of the molecule is CC1OCCC1CNC(=O)C(C)N1CCNCC1. The van der Waals surface area contributed by atoms with Crippen LogP contribution in [0.15, 0.2) is 0 Å². The zero-order valence-corrected chi connectivity index (χ0v) is 11.4. The first-order valence-corrected chi connectivity index (χ1v) is 7.02. The van der Waals surface area contributed by atoms with Crippen LogP contribution < -0.4 is 10.6 Å². The predicted octanol–water partition coefficient (Wildman–Crippen LogP) is -0.179. The molecule has 2 heterocycles. The molecule has 18 heavy (non-hydrogen) atoms. The van der Waals surface area contributed by atoms with Crippen LogP contribution in [0.4, 0.5) is 0 Å². The zero-order chi connectivity index (χ0) is 13.0. The minimum atomic E-state index is -0.0234. The van der Waals surface area contributed by atoms with Crippen molar-refractivity contribution in [2.24, 2.45) is 5.92 Å². The number of piperazine rings is 1. The van der Waals surface area contributed by atoms with Crippen LogP contribution in [-0.2, 0) is 9.53 Å². The summed E-state index contributed by atoms with van der Waals surface area (Å²) in [7, 11) is 0. The van der Waals surface area contributed by atoms with Crippen molar-refractivity contribution in [2.45, 2.75) is 32.4 Å². The van der Waals surface area contributed by atoms with E-state index in [1.165, 1.54) is 0 Å². The molecule has 0 aromatic carbocycles. The Morgan fingerprint density at radius 1 is 1.50 bits per heavy atom. The van der Waals surface area contributed by atoms with Gasteiger partial charge in [-0.2, -0.15) is 0 Å². The molecule has 104 valence electrons. The summed E-state index contributed by atoms with van der Waals surface area (Å²) in [5.41, 5.74) is 0. The summed E-state index contributed by atoms with van der Waals surface area (Å²) in [6.07, 6.45) is 1.34. The molecular formula is C13H25N3O2. The van der Waals surface area contributed by atoms with Gasteiger partial charge in [0.15, 0.2) is 0 Å². The molecule has 5 heteroatoms. The average Bonchev–Trinajstić information content (AvgIpc) is 2.81. The molecule has 0 aromatic rings. The topological polar surface area (TPSA) is 53.6 Å². The standard InChI is InChI=1S/C13H25N3O2/c1-10(16-6-4-14-5-7-16)13(17)15-9-12-3-8-18-11(12)2/h10-12,14H,3-9H2,1-2H3,(H,15,17). The van der Waals surface area contributed by atoms with Crippen LogP contribution >= 0.6 is 0 Å². The molecule has 0 saturated carbocycles. The zero-order valence-electron chi connectivity index (χ0n) is 11.4. The van der Waals surface area contributed by atoms with E-state index in [1.807, 2.05) is 6.92 Å². The number of carbonyl (C=O) groups excluding carboxylic acids is 1. The normalized spacial score (nSPS) is 31.2. The molecule has 2 aliphatic heterocycles. The number of amides is 1. The Morgan fingerprint density at radius 3 is 2.83 bits per heavy atom. The number of nitrogens with zero attached hydrogens (tertiary/aromatic N) is 1. The molecular weight excluding hydrogens is 230 g/mol. The summed E-state index contributed by atoms with van der Waals surface area (Å²) in [5.74, 6) is 0.625. The Bertz CT molecular complexity index is 279. The molecule has 0 spiro atoms. The summed E-state index contributed by atoms with van der Waals surface area (Å²) in [5, 5.41) is 6.37. The lowest BCUT2D eigenvalue weighted by Gasteiger charge is -2.32. The average molecular weight is 255 g/mol. The highest BCUT2D eigenvalue weighted by molar-refractivity contribution is 5.81. The number of nitrogens with one attached hydrogen (secondary N) is 2. The molecule has 2 saturated heterocycles. The van der Waals surface area contributed by atoms with Crippen LogP contribution in [0.1, 0.15) is 20.3 Å². The van der Waals surface area contributed by atoms with Crippen molar-refractivity contribution in [3.8, 4) is 0 Å². The van der Waals surface area contributed by atoms with E-state index >= 15 is 0 Å². The van der Waals surface area contributed by atoms with E-state index in [-0.39, 0.29) is 18.1 Å². The molecule has 2 aliphatic rings. The highest BCUT2D eigenvalue weighted by Gasteiger charge is 2.27. The van der Waals surface area contributed by atoms with Crippen LogP contribution in [0.3, 0.4) is 0 Å². The van der Waals surface area contributed by atoms with E-state index in [4.69, 9.17) is 4.74 Å². The summed E-state index contributed by atoms with van der Waals surface area (Å²) in [4.78, 5) is 14.3. The van der Waals surface area contributed by atoms with E-state index in [0.717, 1.165) is 45.8 Å². The third kappa shape index (κ3) is 3.43. The van der Waals surface area contributed by atoms with Crippen molar-refractivity contribution >= 4 is 5.91 Å². The van der Waals surface area contributed by atoms with Crippen LogP contribution in [0.5, 0.6) is 0 Å². The molecule has 2 N–H and O–H groups in total. The van der Waals surface area contributed by atoms with Crippen molar-refractivity contribution in [3.63, 3.8) is 0 Å². The van der Waals surface area contributed by atoms with Crippen LogP contribution in [0.25, 0.3) is 0 Å². The van der Waals surface area contributed by atoms with Gasteiger partial charge in [-0.3, -0.25) is 9.69 Å². The van der Waals surface area contributed by atoms with E-state index in [9.17, 15) is 4.79 Å². The van der Waals surface area contributed by atoms with Crippen LogP contribution in [0, 0.1) is 5.92 Å². The van der Waals surface area contributed by atoms with Gasteiger partial charge in [0.25, 0.3) is 0 Å². The second kappa shape index (κ2) is 6.50. The van der Waals surface area contributed by atoms with E-state index in [0.29, 0.717) is 5.92 Å². The van der Waals surface area contributed by atoms with Crippen molar-refractivity contribution in [1.82, 2.24) is 15.5 Å². The van der Waals surface area contributed by atoms with Gasteiger partial charge in [-0.15, -0.1) is 0 Å². The fraction of sp³-hybridized carbons (Fsp3) is 0.923. The Morgan fingerprint density at radius 2 is 2.22 bits per heavy atom. The first kappa shape index (κ1) is 13.8. The largest absolute Gasteiger partial charge is 0.378 e. The molecule has 0 aliphatic carbocycles. The van der Waals surface area contributed by atoms with Crippen molar-refractivity contribution in [2.75, 3.05) is 39.3 Å². The van der Waals surface area contributed by atoms with Crippen molar-refractivity contribution < 1.29 is 9.53 Å². The molecule has 5 nitrogen and oxygen atoms in total. The lowest BCUT2D eigenvalue weighted by atomic mass is 10.0. The van der Waals surface area contributed by atoms with Gasteiger partial charge < -0.3 is 15.4 Å². The smallest absolute Gasteiger partial charge is 0.237 e. The lowest BCUT2D eigenvalue weighted by Crippen LogP contribution is -2.53. The lowest BCUT2D eigenvalue weighted by molar-refractivity contribution is -0.126. The van der Waals surface area contributed by atoms with Gasteiger partial charge in [0.1, 0.15) is 0 Å². The van der Waals surface area contributed by atoms with Gasteiger partial charge in [-0.25, -0.2) is 0 Å². The number of hydrogen-bond acceptors (Lipinski definition) is 4. The number of hydrogen-bond donors (Lipinski definition) is 2. The molecule has 1 amide bonds.